The molecule has 35 heavy (non-hydrogen) atoms. The van der Waals surface area contributed by atoms with Crippen LogP contribution < -0.4 is 10.2 Å². The van der Waals surface area contributed by atoms with Crippen LogP contribution in [-0.2, 0) is 19.7 Å². The molecule has 1 aliphatic heterocycles. The first-order chi connectivity index (χ1) is 16.0. The minimum Gasteiger partial charge on any atom is -0.384 e. The van der Waals surface area contributed by atoms with E-state index in [1.165, 1.54) is 12.1 Å². The fourth-order valence-corrected chi connectivity index (χ4v) is 5.04. The molecule has 1 unspecified atom stereocenters. The van der Waals surface area contributed by atoms with Gasteiger partial charge in [-0.25, -0.2) is 9.97 Å². The van der Waals surface area contributed by atoms with Crippen LogP contribution in [0.5, 0.6) is 0 Å². The summed E-state index contributed by atoms with van der Waals surface area (Å²) in [6.07, 6.45) is 0. The predicted molar refractivity (Wildman–Crippen MR) is 142 cm³/mol. The Morgan fingerprint density at radius 1 is 1.09 bits per heavy atom. The van der Waals surface area contributed by atoms with E-state index in [0.717, 1.165) is 30.5 Å². The van der Waals surface area contributed by atoms with E-state index in [0.29, 0.717) is 22.7 Å². The summed E-state index contributed by atoms with van der Waals surface area (Å²) >= 11 is 2.16. The molecule has 0 radical (unpaired) electrons. The number of benzene rings is 2. The topological polar surface area (TPSA) is 78.4 Å². The Bertz CT molecular complexity index is 1350. The van der Waals surface area contributed by atoms with Gasteiger partial charge in [-0.3, -0.25) is 4.79 Å². The number of anilines is 2. The number of likely N-dealkylation sites (N-methyl/N-ethyl adjacent to an activating group) is 1. The van der Waals surface area contributed by atoms with Crippen molar-refractivity contribution in [3.8, 4) is 0 Å². The van der Waals surface area contributed by atoms with E-state index in [2.05, 4.69) is 37.9 Å². The van der Waals surface area contributed by atoms with Crippen molar-refractivity contribution in [2.24, 2.45) is 0 Å². The molecule has 2 heterocycles. The number of hydrogen-bond acceptors (Lipinski definition) is 5. The molecule has 1 aliphatic rings. The van der Waals surface area contributed by atoms with Gasteiger partial charge in [-0.2, -0.15) is 8.78 Å². The number of nitrogens with zero attached hydrogens (tertiary/aromatic N) is 3. The number of halogens is 3. The van der Waals surface area contributed by atoms with Gasteiger partial charge in [0.1, 0.15) is 20.8 Å². The average Bonchev–Trinajstić information content (AvgIpc) is 2.91. The molecule has 6 nitrogen and oxygen atoms in total. The molecule has 0 bridgehead atoms. The summed E-state index contributed by atoms with van der Waals surface area (Å²) in [4.78, 5) is 23.7. The number of aliphatic hydroxyl groups is 1. The van der Waals surface area contributed by atoms with E-state index in [-0.39, 0.29) is 11.5 Å². The fourth-order valence-electron chi connectivity index (χ4n) is 4.45. The van der Waals surface area contributed by atoms with Crippen molar-refractivity contribution < 1.29 is 18.7 Å². The minimum absolute atomic E-state index is 0.00489. The molecular formula is C26H29F2IN4O2. The van der Waals surface area contributed by atoms with Crippen molar-refractivity contribution in [2.75, 3.05) is 17.3 Å². The van der Waals surface area contributed by atoms with Crippen LogP contribution in [0.3, 0.4) is 0 Å². The van der Waals surface area contributed by atoms with Gasteiger partial charge >= 0.3 is 5.92 Å². The Morgan fingerprint density at radius 2 is 1.71 bits per heavy atom. The molecule has 0 fully saturated rings. The molecule has 1 amide bonds. The lowest BCUT2D eigenvalue weighted by atomic mass is 9.85. The second kappa shape index (κ2) is 8.06. The molecule has 0 saturated heterocycles. The lowest BCUT2D eigenvalue weighted by molar-refractivity contribution is -0.168. The number of hydrogen-bond donors (Lipinski definition) is 2. The molecular weight excluding hydrogens is 565 g/mol. The third-order valence-electron chi connectivity index (χ3n) is 6.69. The van der Waals surface area contributed by atoms with E-state index in [9.17, 15) is 18.7 Å². The second-order valence-electron chi connectivity index (χ2n) is 10.3. The smallest absolute Gasteiger partial charge is 0.300 e. The van der Waals surface area contributed by atoms with Gasteiger partial charge in [0.2, 0.25) is 5.91 Å². The number of nitrogens with one attached hydrogen (secondary N) is 1. The molecule has 4 rings (SSSR count). The Labute approximate surface area is 217 Å². The number of aromatic nitrogens is 2. The molecule has 0 spiro atoms. The van der Waals surface area contributed by atoms with E-state index in [1.54, 1.807) is 31.0 Å². The van der Waals surface area contributed by atoms with Gasteiger partial charge < -0.3 is 15.3 Å². The molecule has 1 aromatic heterocycles. The predicted octanol–water partition coefficient (Wildman–Crippen LogP) is 5.77. The molecule has 2 N–H and O–H groups in total. The van der Waals surface area contributed by atoms with Crippen LogP contribution in [0.2, 0.25) is 0 Å². The maximum atomic E-state index is 14.9. The summed E-state index contributed by atoms with van der Waals surface area (Å²) < 4.78 is 28.9. The van der Waals surface area contributed by atoms with Crippen molar-refractivity contribution in [3.05, 3.63) is 58.9 Å². The van der Waals surface area contributed by atoms with Crippen LogP contribution >= 0.6 is 22.6 Å². The summed E-state index contributed by atoms with van der Waals surface area (Å²) in [5.41, 5.74) is -0.142. The van der Waals surface area contributed by atoms with Crippen LogP contribution in [0.25, 0.3) is 10.9 Å². The number of carbonyl (C=O) groups is 1. The van der Waals surface area contributed by atoms with Gasteiger partial charge in [-0.15, -0.1) is 0 Å². The average molecular weight is 594 g/mol. The highest BCUT2D eigenvalue weighted by molar-refractivity contribution is 14.1. The molecule has 0 saturated carbocycles. The Kier molecular flexibility index (Phi) is 5.91. The second-order valence-corrected chi connectivity index (χ2v) is 12.5. The van der Waals surface area contributed by atoms with E-state index in [1.807, 2.05) is 32.9 Å². The first kappa shape index (κ1) is 25.7. The van der Waals surface area contributed by atoms with Crippen molar-refractivity contribution in [3.63, 3.8) is 0 Å². The molecule has 9 heteroatoms. The van der Waals surface area contributed by atoms with Crippen LogP contribution in [0.15, 0.2) is 36.4 Å². The Hall–Kier alpha value is -2.40. The highest BCUT2D eigenvalue weighted by Gasteiger charge is 2.47. The maximum Gasteiger partial charge on any atom is 0.300 e. The number of aryl methyl sites for hydroxylation is 1. The zero-order chi connectivity index (χ0) is 26.1. The van der Waals surface area contributed by atoms with Crippen LogP contribution in [0.1, 0.15) is 57.1 Å². The van der Waals surface area contributed by atoms with Gasteiger partial charge in [-0.05, 0) is 93.5 Å². The zero-order valence-electron chi connectivity index (χ0n) is 20.8. The molecule has 3 aromatic rings. The first-order valence-electron chi connectivity index (χ1n) is 11.3. The molecule has 1 atom stereocenters. The van der Waals surface area contributed by atoms with Crippen molar-refractivity contribution >= 4 is 50.9 Å². The lowest BCUT2D eigenvalue weighted by Crippen LogP contribution is -2.40. The number of rotatable bonds is 5. The van der Waals surface area contributed by atoms with Crippen molar-refractivity contribution in [2.45, 2.75) is 62.0 Å². The Morgan fingerprint density at radius 3 is 2.34 bits per heavy atom. The van der Waals surface area contributed by atoms with Crippen molar-refractivity contribution in [1.29, 1.82) is 0 Å². The van der Waals surface area contributed by atoms with Gasteiger partial charge in [0.05, 0.1) is 10.9 Å². The quantitative estimate of drug-likeness (QED) is 0.223. The molecule has 2 aromatic carbocycles. The van der Waals surface area contributed by atoms with Crippen molar-refractivity contribution in [1.82, 2.24) is 9.97 Å². The number of amides is 1. The van der Waals surface area contributed by atoms with Gasteiger partial charge in [-0.1, -0.05) is 18.2 Å². The third kappa shape index (κ3) is 4.16. The van der Waals surface area contributed by atoms with E-state index in [4.69, 9.17) is 0 Å². The number of carbonyl (C=O) groups excluding carboxylic acids is 1. The number of fused-ring (bicyclic) bond motifs is 2. The monoisotopic (exact) mass is 594 g/mol. The first-order valence-corrected chi connectivity index (χ1v) is 12.3. The van der Waals surface area contributed by atoms with Gasteiger partial charge in [0, 0.05) is 23.7 Å². The lowest BCUT2D eigenvalue weighted by Gasteiger charge is -2.31. The molecule has 0 aliphatic carbocycles. The third-order valence-corrected chi connectivity index (χ3v) is 7.58. The zero-order valence-corrected chi connectivity index (χ0v) is 23.0. The minimum atomic E-state index is -3.43. The summed E-state index contributed by atoms with van der Waals surface area (Å²) in [6.45, 7) is 9.64. The maximum absolute atomic E-state index is 14.9. The Balaban J connectivity index is 1.80. The van der Waals surface area contributed by atoms with Gasteiger partial charge in [0.15, 0.2) is 0 Å². The number of alkyl halides is 3. The van der Waals surface area contributed by atoms with Crippen LogP contribution in [0.4, 0.5) is 20.3 Å². The summed E-state index contributed by atoms with van der Waals surface area (Å²) in [5, 5.41) is 14.1. The molecule has 186 valence electrons. The summed E-state index contributed by atoms with van der Waals surface area (Å²) in [5.74, 6) is -2.34. The SMILES string of the molecule is Cc1nc(NC(C)(I)c2cccc(C(F)(F)C(C)(C)O)c2)c2cc3c(cc2n1)C(C)(C)C(=O)N3C. The van der Waals surface area contributed by atoms with E-state index < -0.39 is 20.5 Å². The standard InChI is InChI=1S/C26H29F2IN4O2/c1-14-30-19-13-18-20(33(7)22(34)23(18,2)3)12-17(19)21(31-14)32-25(6,29)15-9-8-10-16(11-15)26(27,28)24(4,5)35/h8-13,35H,1-7H3,(H,30,31,32). The van der Waals surface area contributed by atoms with Crippen LogP contribution in [0, 0.1) is 6.92 Å². The highest BCUT2D eigenvalue weighted by atomic mass is 127. The largest absolute Gasteiger partial charge is 0.384 e. The van der Waals surface area contributed by atoms with E-state index >= 15 is 0 Å². The summed E-state index contributed by atoms with van der Waals surface area (Å²) in [7, 11) is 1.75. The van der Waals surface area contributed by atoms with Crippen LogP contribution in [-0.4, -0.2) is 33.6 Å². The normalized spacial score (nSPS) is 17.5. The summed E-state index contributed by atoms with van der Waals surface area (Å²) in [6, 6.07) is 9.87. The highest BCUT2D eigenvalue weighted by Crippen LogP contribution is 2.45. The van der Waals surface area contributed by atoms with Gasteiger partial charge in [0.25, 0.3) is 0 Å². The fraction of sp³-hybridized carbons (Fsp3) is 0.423.